The number of pyridine rings is 1. The first-order valence-electron chi connectivity index (χ1n) is 8.26. The molecule has 1 aromatic heterocycles. The van der Waals surface area contributed by atoms with Gasteiger partial charge in [0.1, 0.15) is 5.82 Å². The number of nitrogens with one attached hydrogen (secondary N) is 1. The summed E-state index contributed by atoms with van der Waals surface area (Å²) in [7, 11) is 4.19. The number of benzene rings is 1. The number of anilines is 2. The average molecular weight is 314 g/mol. The van der Waals surface area contributed by atoms with E-state index in [0.29, 0.717) is 0 Å². The van der Waals surface area contributed by atoms with Crippen molar-refractivity contribution < 1.29 is 4.74 Å². The summed E-state index contributed by atoms with van der Waals surface area (Å²) >= 11 is 0. The number of hydrogen-bond acceptors (Lipinski definition) is 5. The molecule has 1 fully saturated rings. The molecule has 1 aromatic carbocycles. The molecule has 1 N–H and O–H groups in total. The van der Waals surface area contributed by atoms with Crippen LogP contribution in [0.15, 0.2) is 24.4 Å². The van der Waals surface area contributed by atoms with Crippen LogP contribution in [0.5, 0.6) is 0 Å². The van der Waals surface area contributed by atoms with Crippen molar-refractivity contribution in [3.05, 3.63) is 30.0 Å². The molecule has 1 aliphatic heterocycles. The molecule has 5 nitrogen and oxygen atoms in total. The molecule has 124 valence electrons. The number of aromatic nitrogens is 1. The number of nitrogens with zero attached hydrogens (tertiary/aromatic N) is 3. The zero-order chi connectivity index (χ0) is 16.2. The molecule has 3 rings (SSSR count). The highest BCUT2D eigenvalue weighted by Crippen LogP contribution is 2.32. The van der Waals surface area contributed by atoms with Crippen molar-refractivity contribution in [2.24, 2.45) is 0 Å². The summed E-state index contributed by atoms with van der Waals surface area (Å²) in [6.45, 7) is 7.44. The van der Waals surface area contributed by atoms with E-state index in [1.54, 1.807) is 0 Å². The fourth-order valence-electron chi connectivity index (χ4n) is 3.04. The molecule has 0 unspecified atom stereocenters. The van der Waals surface area contributed by atoms with Crippen molar-refractivity contribution in [2.45, 2.75) is 6.92 Å². The minimum Gasteiger partial charge on any atom is -0.383 e. The SMILES string of the molecule is Cc1cnc(N2CCOCC2)c2cccc(NCCN(C)C)c12. The minimum absolute atomic E-state index is 0.776. The van der Waals surface area contributed by atoms with E-state index in [2.05, 4.69) is 54.3 Å². The molecular formula is C18H26N4O. The zero-order valence-corrected chi connectivity index (χ0v) is 14.3. The van der Waals surface area contributed by atoms with Gasteiger partial charge in [-0.3, -0.25) is 0 Å². The van der Waals surface area contributed by atoms with Gasteiger partial charge in [-0.1, -0.05) is 12.1 Å². The van der Waals surface area contributed by atoms with Gasteiger partial charge in [0.25, 0.3) is 0 Å². The van der Waals surface area contributed by atoms with Gasteiger partial charge in [-0.15, -0.1) is 0 Å². The molecule has 0 saturated carbocycles. The highest BCUT2D eigenvalue weighted by molar-refractivity contribution is 6.02. The molecule has 1 saturated heterocycles. The predicted molar refractivity (Wildman–Crippen MR) is 96.6 cm³/mol. The number of hydrogen-bond donors (Lipinski definition) is 1. The summed E-state index contributed by atoms with van der Waals surface area (Å²) < 4.78 is 5.47. The molecule has 0 spiro atoms. The fourth-order valence-corrected chi connectivity index (χ4v) is 3.04. The van der Waals surface area contributed by atoms with E-state index in [4.69, 9.17) is 9.72 Å². The highest BCUT2D eigenvalue weighted by Gasteiger charge is 2.17. The van der Waals surface area contributed by atoms with Crippen LogP contribution >= 0.6 is 0 Å². The number of morpholine rings is 1. The molecule has 0 radical (unpaired) electrons. The Kier molecular flexibility index (Phi) is 4.98. The molecule has 23 heavy (non-hydrogen) atoms. The summed E-state index contributed by atoms with van der Waals surface area (Å²) in [6, 6.07) is 6.46. The Morgan fingerprint density at radius 1 is 1.26 bits per heavy atom. The normalized spacial score (nSPS) is 15.4. The molecule has 0 amide bonds. The second kappa shape index (κ2) is 7.15. The molecule has 0 aliphatic carbocycles. The lowest BCUT2D eigenvalue weighted by molar-refractivity contribution is 0.122. The Labute approximate surface area is 138 Å². The highest BCUT2D eigenvalue weighted by atomic mass is 16.5. The first-order chi connectivity index (χ1) is 11.2. The topological polar surface area (TPSA) is 40.6 Å². The summed E-state index contributed by atoms with van der Waals surface area (Å²) in [4.78, 5) is 9.23. The quantitative estimate of drug-likeness (QED) is 0.917. The molecule has 0 atom stereocenters. The van der Waals surface area contributed by atoms with Crippen LogP contribution < -0.4 is 10.2 Å². The third-order valence-corrected chi connectivity index (χ3v) is 4.27. The summed E-state index contributed by atoms with van der Waals surface area (Å²) in [5.74, 6) is 1.07. The Morgan fingerprint density at radius 2 is 2.04 bits per heavy atom. The van der Waals surface area contributed by atoms with Gasteiger partial charge in [-0.2, -0.15) is 0 Å². The van der Waals surface area contributed by atoms with Crippen LogP contribution in [0.3, 0.4) is 0 Å². The van der Waals surface area contributed by atoms with Crippen LogP contribution in [-0.2, 0) is 4.74 Å². The number of likely N-dealkylation sites (N-methyl/N-ethyl adjacent to an activating group) is 1. The smallest absolute Gasteiger partial charge is 0.136 e. The molecule has 2 aromatic rings. The Bertz CT molecular complexity index is 665. The Morgan fingerprint density at radius 3 is 2.78 bits per heavy atom. The molecular weight excluding hydrogens is 288 g/mol. The number of rotatable bonds is 5. The Balaban J connectivity index is 1.96. The van der Waals surface area contributed by atoms with Crippen LogP contribution in [0.4, 0.5) is 11.5 Å². The van der Waals surface area contributed by atoms with Crippen LogP contribution in [0.2, 0.25) is 0 Å². The maximum absolute atomic E-state index is 5.47. The van der Waals surface area contributed by atoms with Gasteiger partial charge in [-0.25, -0.2) is 4.98 Å². The summed E-state index contributed by atoms with van der Waals surface area (Å²) in [5.41, 5.74) is 2.41. The lowest BCUT2D eigenvalue weighted by atomic mass is 10.0. The van der Waals surface area contributed by atoms with E-state index in [1.165, 1.54) is 22.0 Å². The van der Waals surface area contributed by atoms with E-state index in [0.717, 1.165) is 45.2 Å². The summed E-state index contributed by atoms with van der Waals surface area (Å²) in [6.07, 6.45) is 1.99. The van der Waals surface area contributed by atoms with E-state index < -0.39 is 0 Å². The molecule has 1 aliphatic rings. The molecule has 0 bridgehead atoms. The maximum Gasteiger partial charge on any atom is 0.136 e. The van der Waals surface area contributed by atoms with Crippen molar-refractivity contribution in [3.63, 3.8) is 0 Å². The van der Waals surface area contributed by atoms with E-state index in [1.807, 2.05) is 6.20 Å². The lowest BCUT2D eigenvalue weighted by Gasteiger charge is -2.29. The predicted octanol–water partition coefficient (Wildman–Crippen LogP) is 2.35. The third kappa shape index (κ3) is 3.57. The van der Waals surface area contributed by atoms with Crippen LogP contribution in [0.1, 0.15) is 5.56 Å². The summed E-state index contributed by atoms with van der Waals surface area (Å²) in [5, 5.41) is 6.08. The largest absolute Gasteiger partial charge is 0.383 e. The van der Waals surface area contributed by atoms with Crippen LogP contribution in [0.25, 0.3) is 10.8 Å². The van der Waals surface area contributed by atoms with E-state index in [-0.39, 0.29) is 0 Å². The number of fused-ring (bicyclic) bond motifs is 1. The Hall–Kier alpha value is -1.85. The van der Waals surface area contributed by atoms with Crippen molar-refractivity contribution in [1.82, 2.24) is 9.88 Å². The second-order valence-corrected chi connectivity index (χ2v) is 6.32. The van der Waals surface area contributed by atoms with E-state index in [9.17, 15) is 0 Å². The van der Waals surface area contributed by atoms with Gasteiger partial charge in [-0.05, 0) is 32.6 Å². The van der Waals surface area contributed by atoms with Gasteiger partial charge in [0.15, 0.2) is 0 Å². The monoisotopic (exact) mass is 314 g/mol. The number of ether oxygens (including phenoxy) is 1. The van der Waals surface area contributed by atoms with Crippen molar-refractivity contribution in [2.75, 3.05) is 63.7 Å². The first kappa shape index (κ1) is 16.0. The standard InChI is InChI=1S/C18H26N4O/c1-14-13-20-18(22-9-11-23-12-10-22)15-5-4-6-16(17(14)15)19-7-8-21(2)3/h4-6,13,19H,7-12H2,1-3H3. The van der Waals surface area contributed by atoms with Gasteiger partial charge in [0.2, 0.25) is 0 Å². The number of aryl methyl sites for hydroxylation is 1. The van der Waals surface area contributed by atoms with Gasteiger partial charge >= 0.3 is 0 Å². The van der Waals surface area contributed by atoms with Crippen molar-refractivity contribution >= 4 is 22.3 Å². The molecule has 2 heterocycles. The first-order valence-corrected chi connectivity index (χ1v) is 8.26. The van der Waals surface area contributed by atoms with Crippen molar-refractivity contribution in [3.8, 4) is 0 Å². The van der Waals surface area contributed by atoms with E-state index >= 15 is 0 Å². The third-order valence-electron chi connectivity index (χ3n) is 4.27. The maximum atomic E-state index is 5.47. The molecule has 5 heteroatoms. The van der Waals surface area contributed by atoms with Crippen LogP contribution in [0, 0.1) is 6.92 Å². The average Bonchev–Trinajstić information content (AvgIpc) is 2.56. The fraction of sp³-hybridized carbons (Fsp3) is 0.500. The minimum atomic E-state index is 0.776. The zero-order valence-electron chi connectivity index (χ0n) is 14.3. The van der Waals surface area contributed by atoms with Gasteiger partial charge in [0, 0.05) is 48.8 Å². The lowest BCUT2D eigenvalue weighted by Crippen LogP contribution is -2.36. The van der Waals surface area contributed by atoms with Crippen LogP contribution in [-0.4, -0.2) is 63.4 Å². The van der Waals surface area contributed by atoms with Gasteiger partial charge in [0.05, 0.1) is 13.2 Å². The van der Waals surface area contributed by atoms with Crippen molar-refractivity contribution in [1.29, 1.82) is 0 Å². The van der Waals surface area contributed by atoms with Gasteiger partial charge < -0.3 is 19.9 Å². The second-order valence-electron chi connectivity index (χ2n) is 6.32.